The summed E-state index contributed by atoms with van der Waals surface area (Å²) in [6, 6.07) is 0. The van der Waals surface area contributed by atoms with Crippen LogP contribution in [0.2, 0.25) is 0 Å². The van der Waals surface area contributed by atoms with Crippen LogP contribution < -0.4 is 0 Å². The third-order valence-corrected chi connectivity index (χ3v) is 1.78. The lowest BCUT2D eigenvalue weighted by Gasteiger charge is -2.23. The Morgan fingerprint density at radius 2 is 1.89 bits per heavy atom. The van der Waals surface area contributed by atoms with E-state index in [9.17, 15) is 9.59 Å². The Bertz CT molecular complexity index is 317. The van der Waals surface area contributed by atoms with E-state index in [2.05, 4.69) is 0 Å². The van der Waals surface area contributed by atoms with E-state index < -0.39 is 23.9 Å². The fraction of sp³-hybridized carbons (Fsp3) is 0.667. The smallest absolute Gasteiger partial charge is 0.420 e. The molecule has 0 aliphatic carbocycles. The van der Waals surface area contributed by atoms with E-state index in [1.807, 2.05) is 0 Å². The number of amides is 2. The van der Waals surface area contributed by atoms with E-state index in [0.29, 0.717) is 11.3 Å². The SMILES string of the molecule is C[C@@H](O)C/C=C\CN(C(=O)O)C(=O)OC(C)(C)C. The molecule has 0 aromatic heterocycles. The molecule has 2 N–H and O–H groups in total. The molecule has 0 aromatic carbocycles. The van der Waals surface area contributed by atoms with Crippen LogP contribution in [0.1, 0.15) is 34.1 Å². The maximum atomic E-state index is 11.6. The molecule has 6 nitrogen and oxygen atoms in total. The molecule has 0 rings (SSSR count). The van der Waals surface area contributed by atoms with Gasteiger partial charge in [0, 0.05) is 0 Å². The highest BCUT2D eigenvalue weighted by atomic mass is 16.6. The van der Waals surface area contributed by atoms with Crippen LogP contribution in [0.5, 0.6) is 0 Å². The van der Waals surface area contributed by atoms with Gasteiger partial charge in [0.15, 0.2) is 0 Å². The van der Waals surface area contributed by atoms with Crippen LogP contribution >= 0.6 is 0 Å². The second-order valence-corrected chi connectivity index (χ2v) is 4.93. The van der Waals surface area contributed by atoms with Crippen molar-refractivity contribution in [3.8, 4) is 0 Å². The van der Waals surface area contributed by atoms with Crippen LogP contribution in [0.4, 0.5) is 9.59 Å². The minimum atomic E-state index is -1.37. The van der Waals surface area contributed by atoms with Gasteiger partial charge in [0.1, 0.15) is 5.60 Å². The van der Waals surface area contributed by atoms with Crippen molar-refractivity contribution in [3.05, 3.63) is 12.2 Å². The minimum absolute atomic E-state index is 0.100. The van der Waals surface area contributed by atoms with Gasteiger partial charge >= 0.3 is 12.2 Å². The average Bonchev–Trinajstić information content (AvgIpc) is 2.12. The van der Waals surface area contributed by atoms with Crippen LogP contribution in [0.25, 0.3) is 0 Å². The number of aliphatic hydroxyl groups excluding tert-OH is 1. The summed E-state index contributed by atoms with van der Waals surface area (Å²) in [6.45, 7) is 6.50. The second-order valence-electron chi connectivity index (χ2n) is 4.93. The fourth-order valence-electron chi connectivity index (χ4n) is 1.02. The molecular formula is C12H21NO5. The Morgan fingerprint density at radius 3 is 2.28 bits per heavy atom. The molecule has 0 fully saturated rings. The Hall–Kier alpha value is -1.56. The van der Waals surface area contributed by atoms with Gasteiger partial charge in [-0.2, -0.15) is 0 Å². The third-order valence-electron chi connectivity index (χ3n) is 1.78. The van der Waals surface area contributed by atoms with E-state index in [1.165, 1.54) is 6.08 Å². The molecule has 2 amide bonds. The molecule has 0 unspecified atom stereocenters. The van der Waals surface area contributed by atoms with E-state index >= 15 is 0 Å². The Morgan fingerprint density at radius 1 is 1.33 bits per heavy atom. The first-order valence-electron chi connectivity index (χ1n) is 5.70. The van der Waals surface area contributed by atoms with Crippen LogP contribution in [0.15, 0.2) is 12.2 Å². The molecule has 6 heteroatoms. The number of hydrogen-bond donors (Lipinski definition) is 2. The number of imide groups is 1. The molecule has 0 bridgehead atoms. The summed E-state index contributed by atoms with van der Waals surface area (Å²) in [5, 5.41) is 17.9. The number of rotatable bonds is 4. The summed E-state index contributed by atoms with van der Waals surface area (Å²) in [6.07, 6.45) is 0.751. The lowest BCUT2D eigenvalue weighted by Crippen LogP contribution is -2.40. The van der Waals surface area contributed by atoms with Crippen molar-refractivity contribution in [1.29, 1.82) is 0 Å². The predicted molar refractivity (Wildman–Crippen MR) is 66.4 cm³/mol. The lowest BCUT2D eigenvalue weighted by atomic mass is 10.2. The quantitative estimate of drug-likeness (QED) is 0.756. The number of aliphatic hydroxyl groups is 1. The number of carboxylic acid groups (broad SMARTS) is 1. The molecular weight excluding hydrogens is 238 g/mol. The predicted octanol–water partition coefficient (Wildman–Crippen LogP) is 2.23. The van der Waals surface area contributed by atoms with Gasteiger partial charge in [0.25, 0.3) is 0 Å². The summed E-state index contributed by atoms with van der Waals surface area (Å²) in [5.74, 6) is 0. The molecule has 0 radical (unpaired) electrons. The van der Waals surface area contributed by atoms with Gasteiger partial charge in [-0.05, 0) is 34.1 Å². The summed E-state index contributed by atoms with van der Waals surface area (Å²) < 4.78 is 4.96. The summed E-state index contributed by atoms with van der Waals surface area (Å²) >= 11 is 0. The van der Waals surface area contributed by atoms with Crippen LogP contribution in [-0.2, 0) is 4.74 Å². The first-order chi connectivity index (χ1) is 8.13. The zero-order valence-corrected chi connectivity index (χ0v) is 11.2. The van der Waals surface area contributed by atoms with Crippen molar-refractivity contribution >= 4 is 12.2 Å². The van der Waals surface area contributed by atoms with Crippen molar-refractivity contribution in [1.82, 2.24) is 4.90 Å². The van der Waals surface area contributed by atoms with Gasteiger partial charge in [-0.15, -0.1) is 0 Å². The van der Waals surface area contributed by atoms with Gasteiger partial charge in [-0.25, -0.2) is 14.5 Å². The zero-order valence-electron chi connectivity index (χ0n) is 11.2. The summed E-state index contributed by atoms with van der Waals surface area (Å²) in [5.41, 5.74) is -0.742. The average molecular weight is 259 g/mol. The highest BCUT2D eigenvalue weighted by Crippen LogP contribution is 2.10. The van der Waals surface area contributed by atoms with E-state index in [4.69, 9.17) is 14.9 Å². The van der Waals surface area contributed by atoms with E-state index in [0.717, 1.165) is 0 Å². The van der Waals surface area contributed by atoms with Crippen molar-refractivity contribution in [3.63, 3.8) is 0 Å². The molecule has 0 aliphatic heterocycles. The summed E-state index contributed by atoms with van der Waals surface area (Å²) in [4.78, 5) is 23.0. The molecule has 0 saturated carbocycles. The highest BCUT2D eigenvalue weighted by molar-refractivity contribution is 5.87. The first kappa shape index (κ1) is 16.4. The second kappa shape index (κ2) is 7.00. The Labute approximate surface area is 107 Å². The van der Waals surface area contributed by atoms with E-state index in [1.54, 1.807) is 33.8 Å². The van der Waals surface area contributed by atoms with Gasteiger partial charge in [-0.3, -0.25) is 0 Å². The number of ether oxygens (including phenoxy) is 1. The molecule has 0 heterocycles. The Kier molecular flexibility index (Phi) is 6.40. The minimum Gasteiger partial charge on any atom is -0.465 e. The highest BCUT2D eigenvalue weighted by Gasteiger charge is 2.25. The van der Waals surface area contributed by atoms with Gasteiger partial charge in [0.05, 0.1) is 12.6 Å². The largest absolute Gasteiger partial charge is 0.465 e. The number of carbonyl (C=O) groups is 2. The molecule has 18 heavy (non-hydrogen) atoms. The molecule has 0 saturated heterocycles. The van der Waals surface area contributed by atoms with Crippen molar-refractivity contribution < 1.29 is 24.5 Å². The molecule has 0 aliphatic rings. The van der Waals surface area contributed by atoms with Crippen LogP contribution in [0, 0.1) is 0 Å². The maximum absolute atomic E-state index is 11.6. The molecule has 104 valence electrons. The van der Waals surface area contributed by atoms with Gasteiger partial charge < -0.3 is 14.9 Å². The number of hydrogen-bond acceptors (Lipinski definition) is 4. The Balaban J connectivity index is 4.44. The van der Waals surface area contributed by atoms with Crippen molar-refractivity contribution in [2.75, 3.05) is 6.54 Å². The summed E-state index contributed by atoms with van der Waals surface area (Å²) in [7, 11) is 0. The molecule has 0 aromatic rings. The lowest BCUT2D eigenvalue weighted by molar-refractivity contribution is 0.0290. The third kappa shape index (κ3) is 7.67. The monoisotopic (exact) mass is 259 g/mol. The first-order valence-corrected chi connectivity index (χ1v) is 5.70. The number of nitrogens with zero attached hydrogens (tertiary/aromatic N) is 1. The van der Waals surface area contributed by atoms with Crippen molar-refractivity contribution in [2.24, 2.45) is 0 Å². The van der Waals surface area contributed by atoms with Gasteiger partial charge in [-0.1, -0.05) is 12.2 Å². The molecule has 1 atom stereocenters. The fourth-order valence-corrected chi connectivity index (χ4v) is 1.02. The van der Waals surface area contributed by atoms with E-state index in [-0.39, 0.29) is 6.54 Å². The zero-order chi connectivity index (χ0) is 14.3. The van der Waals surface area contributed by atoms with Crippen LogP contribution in [0.3, 0.4) is 0 Å². The molecule has 0 spiro atoms. The van der Waals surface area contributed by atoms with Gasteiger partial charge in [0.2, 0.25) is 0 Å². The normalized spacial score (nSPS) is 13.4. The number of carbonyl (C=O) groups excluding carboxylic acids is 1. The van der Waals surface area contributed by atoms with Crippen molar-refractivity contribution in [2.45, 2.75) is 45.8 Å². The standard InChI is InChI=1S/C12H21NO5/c1-9(14)7-5-6-8-13(10(15)16)11(17)18-12(2,3)4/h5-6,9,14H,7-8H2,1-4H3,(H,15,16)/b6-5-/t9-/m1/s1. The maximum Gasteiger partial charge on any atom is 0.420 e. The van der Waals surface area contributed by atoms with Crippen LogP contribution in [-0.4, -0.2) is 45.5 Å². The topological polar surface area (TPSA) is 87.1 Å².